The highest BCUT2D eigenvalue weighted by atomic mass is 16.5. The normalized spacial score (nSPS) is 15.5. The second-order valence-corrected chi connectivity index (χ2v) is 7.30. The third-order valence-electron chi connectivity index (χ3n) is 5.35. The number of anilines is 1. The van der Waals surface area contributed by atoms with Gasteiger partial charge in [-0.05, 0) is 36.4 Å². The van der Waals surface area contributed by atoms with Crippen LogP contribution in [-0.2, 0) is 4.79 Å². The summed E-state index contributed by atoms with van der Waals surface area (Å²) in [5, 5.41) is 3.00. The summed E-state index contributed by atoms with van der Waals surface area (Å²) in [6.07, 6.45) is 1.68. The molecule has 1 aliphatic rings. The van der Waals surface area contributed by atoms with E-state index in [9.17, 15) is 4.79 Å². The quantitative estimate of drug-likeness (QED) is 0.623. The molecule has 0 bridgehead atoms. The van der Waals surface area contributed by atoms with Gasteiger partial charge in [-0.1, -0.05) is 36.4 Å². The van der Waals surface area contributed by atoms with Crippen molar-refractivity contribution in [2.75, 3.05) is 44.2 Å². The Morgan fingerprint density at radius 3 is 2.30 bits per heavy atom. The average Bonchev–Trinajstić information content (AvgIpc) is 3.34. The third kappa shape index (κ3) is 5.21. The Balaban J connectivity index is 1.32. The SMILES string of the molecule is O=C(COc1ccccc1)NC[C@H](c1ccco1)N1CCN(c2ccccc2)CC1. The Morgan fingerprint density at radius 2 is 1.63 bits per heavy atom. The van der Waals surface area contributed by atoms with Crippen molar-refractivity contribution in [3.63, 3.8) is 0 Å². The predicted molar refractivity (Wildman–Crippen MR) is 117 cm³/mol. The fourth-order valence-corrected chi connectivity index (χ4v) is 3.75. The first-order chi connectivity index (χ1) is 14.8. The fraction of sp³-hybridized carbons (Fsp3) is 0.292. The van der Waals surface area contributed by atoms with E-state index < -0.39 is 0 Å². The number of carbonyl (C=O) groups is 1. The summed E-state index contributed by atoms with van der Waals surface area (Å²) < 4.78 is 11.2. The number of hydrogen-bond acceptors (Lipinski definition) is 5. The molecule has 1 atom stereocenters. The van der Waals surface area contributed by atoms with Crippen molar-refractivity contribution in [3.05, 3.63) is 84.8 Å². The van der Waals surface area contributed by atoms with Crippen molar-refractivity contribution >= 4 is 11.6 Å². The molecule has 30 heavy (non-hydrogen) atoms. The minimum atomic E-state index is -0.140. The number of ether oxygens (including phenoxy) is 1. The number of carbonyl (C=O) groups excluding carboxylic acids is 1. The number of rotatable bonds is 8. The summed E-state index contributed by atoms with van der Waals surface area (Å²) in [5.74, 6) is 1.41. The molecule has 2 aromatic carbocycles. The molecule has 2 heterocycles. The number of furan rings is 1. The molecular weight excluding hydrogens is 378 g/mol. The zero-order valence-corrected chi connectivity index (χ0v) is 16.9. The van der Waals surface area contributed by atoms with Crippen LogP contribution in [0.25, 0.3) is 0 Å². The molecule has 156 valence electrons. The van der Waals surface area contributed by atoms with Crippen molar-refractivity contribution in [1.29, 1.82) is 0 Å². The summed E-state index contributed by atoms with van der Waals surface area (Å²) in [6, 6.07) is 23.7. The van der Waals surface area contributed by atoms with Crippen LogP contribution in [0.2, 0.25) is 0 Å². The van der Waals surface area contributed by atoms with Gasteiger partial charge in [0.15, 0.2) is 6.61 Å². The van der Waals surface area contributed by atoms with E-state index in [0.29, 0.717) is 12.3 Å². The lowest BCUT2D eigenvalue weighted by Gasteiger charge is -2.39. The highest BCUT2D eigenvalue weighted by Crippen LogP contribution is 2.24. The summed E-state index contributed by atoms with van der Waals surface area (Å²) in [6.45, 7) is 4.15. The van der Waals surface area contributed by atoms with Crippen LogP contribution in [0, 0.1) is 0 Å². The number of nitrogens with one attached hydrogen (secondary N) is 1. The topological polar surface area (TPSA) is 58.0 Å². The van der Waals surface area contributed by atoms with Crippen LogP contribution in [0.15, 0.2) is 83.5 Å². The Labute approximate surface area is 177 Å². The summed E-state index contributed by atoms with van der Waals surface area (Å²) in [4.78, 5) is 17.1. The first kappa shape index (κ1) is 20.0. The second-order valence-electron chi connectivity index (χ2n) is 7.30. The zero-order chi connectivity index (χ0) is 20.6. The lowest BCUT2D eigenvalue weighted by atomic mass is 10.1. The maximum atomic E-state index is 12.3. The van der Waals surface area contributed by atoms with Gasteiger partial charge in [-0.3, -0.25) is 9.69 Å². The van der Waals surface area contributed by atoms with Gasteiger partial charge in [0.2, 0.25) is 0 Å². The minimum absolute atomic E-state index is 0.00130. The van der Waals surface area contributed by atoms with Gasteiger partial charge in [-0.2, -0.15) is 0 Å². The molecule has 4 rings (SSSR count). The Morgan fingerprint density at radius 1 is 0.933 bits per heavy atom. The molecule has 3 aromatic rings. The van der Waals surface area contributed by atoms with Crippen molar-refractivity contribution in [3.8, 4) is 5.75 Å². The fourth-order valence-electron chi connectivity index (χ4n) is 3.75. The van der Waals surface area contributed by atoms with E-state index in [1.165, 1.54) is 5.69 Å². The van der Waals surface area contributed by atoms with Crippen molar-refractivity contribution < 1.29 is 13.9 Å². The maximum absolute atomic E-state index is 12.3. The molecule has 1 saturated heterocycles. The van der Waals surface area contributed by atoms with E-state index >= 15 is 0 Å². The predicted octanol–water partition coefficient (Wildman–Crippen LogP) is 3.34. The maximum Gasteiger partial charge on any atom is 0.258 e. The lowest BCUT2D eigenvalue weighted by Crippen LogP contribution is -2.50. The number of amides is 1. The largest absolute Gasteiger partial charge is 0.484 e. The monoisotopic (exact) mass is 405 g/mol. The van der Waals surface area contributed by atoms with Gasteiger partial charge in [-0.25, -0.2) is 0 Å². The first-order valence-electron chi connectivity index (χ1n) is 10.3. The van der Waals surface area contributed by atoms with E-state index in [2.05, 4.69) is 39.4 Å². The molecule has 1 fully saturated rings. The molecular formula is C24H27N3O3. The van der Waals surface area contributed by atoms with Crippen LogP contribution >= 0.6 is 0 Å². The van der Waals surface area contributed by atoms with Gasteiger partial charge < -0.3 is 19.4 Å². The van der Waals surface area contributed by atoms with Gasteiger partial charge in [-0.15, -0.1) is 0 Å². The molecule has 0 aliphatic carbocycles. The van der Waals surface area contributed by atoms with Crippen LogP contribution in [0.1, 0.15) is 11.8 Å². The van der Waals surface area contributed by atoms with Crippen LogP contribution < -0.4 is 15.0 Å². The summed E-state index contributed by atoms with van der Waals surface area (Å²) in [7, 11) is 0. The molecule has 6 heteroatoms. The van der Waals surface area contributed by atoms with Gasteiger partial charge in [0.05, 0.1) is 12.3 Å². The number of nitrogens with zero attached hydrogens (tertiary/aromatic N) is 2. The van der Waals surface area contributed by atoms with Crippen molar-refractivity contribution in [1.82, 2.24) is 10.2 Å². The van der Waals surface area contributed by atoms with Crippen LogP contribution in [0.5, 0.6) is 5.75 Å². The van der Waals surface area contributed by atoms with Gasteiger partial charge in [0.25, 0.3) is 5.91 Å². The van der Waals surface area contributed by atoms with E-state index in [0.717, 1.165) is 31.9 Å². The molecule has 1 aromatic heterocycles. The molecule has 0 spiro atoms. The van der Waals surface area contributed by atoms with Gasteiger partial charge >= 0.3 is 0 Å². The molecule has 0 saturated carbocycles. The highest BCUT2D eigenvalue weighted by Gasteiger charge is 2.27. The van der Waals surface area contributed by atoms with Gasteiger partial charge in [0.1, 0.15) is 11.5 Å². The number of piperazine rings is 1. The Kier molecular flexibility index (Phi) is 6.67. The molecule has 1 amide bonds. The van der Waals surface area contributed by atoms with Crippen LogP contribution in [0.3, 0.4) is 0 Å². The number of hydrogen-bond donors (Lipinski definition) is 1. The van der Waals surface area contributed by atoms with E-state index in [-0.39, 0.29) is 18.6 Å². The average molecular weight is 405 g/mol. The van der Waals surface area contributed by atoms with E-state index in [1.54, 1.807) is 6.26 Å². The first-order valence-corrected chi connectivity index (χ1v) is 10.3. The van der Waals surface area contributed by atoms with E-state index in [4.69, 9.17) is 9.15 Å². The van der Waals surface area contributed by atoms with Gasteiger partial charge in [0, 0.05) is 38.4 Å². The number of benzene rings is 2. The van der Waals surface area contributed by atoms with E-state index in [1.807, 2.05) is 48.5 Å². The summed E-state index contributed by atoms with van der Waals surface area (Å²) in [5.41, 5.74) is 1.25. The van der Waals surface area contributed by atoms with Crippen LogP contribution in [0.4, 0.5) is 5.69 Å². The Bertz CT molecular complexity index is 892. The minimum Gasteiger partial charge on any atom is -0.484 e. The second kappa shape index (κ2) is 9.98. The smallest absolute Gasteiger partial charge is 0.258 e. The van der Waals surface area contributed by atoms with Crippen LogP contribution in [-0.4, -0.2) is 50.1 Å². The molecule has 6 nitrogen and oxygen atoms in total. The lowest BCUT2D eigenvalue weighted by molar-refractivity contribution is -0.123. The number of para-hydroxylation sites is 2. The van der Waals surface area contributed by atoms with Crippen molar-refractivity contribution in [2.45, 2.75) is 6.04 Å². The molecule has 1 N–H and O–H groups in total. The highest BCUT2D eigenvalue weighted by molar-refractivity contribution is 5.77. The summed E-state index contributed by atoms with van der Waals surface area (Å²) >= 11 is 0. The zero-order valence-electron chi connectivity index (χ0n) is 16.9. The molecule has 0 radical (unpaired) electrons. The standard InChI is InChI=1S/C24H27N3O3/c28-24(19-30-21-10-5-2-6-11-21)25-18-22(23-12-7-17-29-23)27-15-13-26(14-16-27)20-8-3-1-4-9-20/h1-12,17,22H,13-16,18-19H2,(H,25,28)/t22-/m1/s1. The molecule has 0 unspecified atom stereocenters. The molecule has 1 aliphatic heterocycles. The Hall–Kier alpha value is -3.25. The third-order valence-corrected chi connectivity index (χ3v) is 5.35. The van der Waals surface area contributed by atoms with Crippen molar-refractivity contribution in [2.24, 2.45) is 0 Å².